The fourth-order valence-electron chi connectivity index (χ4n) is 3.90. The van der Waals surface area contributed by atoms with Gasteiger partial charge in [0.1, 0.15) is 19.9 Å². The number of hydrogen-bond donors (Lipinski definition) is 0. The van der Waals surface area contributed by atoms with E-state index in [-0.39, 0.29) is 11.5 Å². The second-order valence-electron chi connectivity index (χ2n) is 7.39. The average molecular weight is 481 g/mol. The van der Waals surface area contributed by atoms with Crippen LogP contribution in [0.2, 0.25) is 0 Å². The number of nitrogens with zero attached hydrogens (tertiary/aromatic N) is 4. The molecule has 1 aromatic heterocycles. The van der Waals surface area contributed by atoms with Crippen molar-refractivity contribution in [3.05, 3.63) is 74.1 Å². The number of thiocarbonyl (C=S) groups is 1. The number of hydrogen-bond acceptors (Lipinski definition) is 6. The fourth-order valence-corrected chi connectivity index (χ4v) is 6.72. The Balaban J connectivity index is 1.82. The van der Waals surface area contributed by atoms with Crippen LogP contribution in [-0.2, 0) is 11.3 Å². The second-order valence-corrected chi connectivity index (χ2v) is 9.78. The first-order chi connectivity index (χ1) is 15.4. The number of fused-ring (bicyclic) bond motifs is 1. The number of carbonyl (C=O) groups excluding carboxylic acids is 1. The summed E-state index contributed by atoms with van der Waals surface area (Å²) in [4.78, 5) is 33.2. The first-order valence-corrected chi connectivity index (χ1v) is 12.1. The molecule has 1 amide bonds. The van der Waals surface area contributed by atoms with Crippen LogP contribution < -0.4 is 24.6 Å². The van der Waals surface area contributed by atoms with E-state index in [4.69, 9.17) is 12.2 Å². The molecule has 162 valence electrons. The van der Waals surface area contributed by atoms with Crippen molar-refractivity contribution >= 4 is 68.4 Å². The van der Waals surface area contributed by atoms with Gasteiger partial charge in [-0.1, -0.05) is 42.1 Å². The summed E-state index contributed by atoms with van der Waals surface area (Å²) >= 11 is 8.53. The lowest BCUT2D eigenvalue weighted by Gasteiger charge is -2.18. The summed E-state index contributed by atoms with van der Waals surface area (Å²) in [6, 6.07) is 17.6. The normalized spacial score (nSPS) is 19.3. The van der Waals surface area contributed by atoms with Crippen molar-refractivity contribution < 1.29 is 4.79 Å². The van der Waals surface area contributed by atoms with E-state index in [2.05, 4.69) is 6.07 Å². The van der Waals surface area contributed by atoms with Crippen molar-refractivity contribution in [2.45, 2.75) is 18.4 Å². The van der Waals surface area contributed by atoms with Crippen LogP contribution in [0, 0.1) is 0 Å². The number of aromatic nitrogens is 1. The third kappa shape index (κ3) is 3.03. The fraction of sp³-hybridized carbons (Fsp3) is 0.174. The predicted octanol–water partition coefficient (Wildman–Crippen LogP) is 2.61. The number of benzene rings is 2. The third-order valence-corrected chi connectivity index (χ3v) is 8.56. The number of thioether (sulfide) groups is 1. The molecule has 0 unspecified atom stereocenters. The Kier molecular flexibility index (Phi) is 5.19. The molecule has 2 aromatic carbocycles. The van der Waals surface area contributed by atoms with Gasteiger partial charge in [-0.15, -0.1) is 11.3 Å². The molecule has 5 rings (SSSR count). The topological polar surface area (TPSA) is 48.8 Å². The van der Waals surface area contributed by atoms with Crippen molar-refractivity contribution in [2.24, 2.45) is 0 Å². The minimum atomic E-state index is -0.213. The molecule has 3 aromatic rings. The van der Waals surface area contributed by atoms with Crippen LogP contribution >= 0.6 is 35.3 Å². The van der Waals surface area contributed by atoms with Gasteiger partial charge in [-0.25, -0.2) is 0 Å². The largest absolute Gasteiger partial charge is 0.337 e. The van der Waals surface area contributed by atoms with E-state index in [9.17, 15) is 9.59 Å². The zero-order valence-corrected chi connectivity index (χ0v) is 20.2. The molecule has 6 nitrogen and oxygen atoms in total. The Morgan fingerprint density at radius 2 is 1.62 bits per heavy atom. The second kappa shape index (κ2) is 7.91. The van der Waals surface area contributed by atoms with Crippen LogP contribution in [0.4, 0.5) is 11.4 Å². The average Bonchev–Trinajstić information content (AvgIpc) is 3.39. The third-order valence-electron chi connectivity index (χ3n) is 5.56. The van der Waals surface area contributed by atoms with Gasteiger partial charge in [0.25, 0.3) is 11.5 Å². The van der Waals surface area contributed by atoms with Gasteiger partial charge in [-0.05, 0) is 43.4 Å². The van der Waals surface area contributed by atoms with E-state index in [1.807, 2.05) is 67.4 Å². The first kappa shape index (κ1) is 21.0. The molecule has 0 bridgehead atoms. The standard InChI is InChI=1S/C23H20N4O2S3/c1-4-26-20(29)18(22-24(2)15-12-8-9-13-16(15)31-22)32-21(26)17-19(28)25(3)23(30)27(17)14-10-6-5-7-11-14/h5-13H,4H2,1-3H3/b21-17-,22-18-. The van der Waals surface area contributed by atoms with E-state index in [1.165, 1.54) is 16.2 Å². The van der Waals surface area contributed by atoms with Gasteiger partial charge in [0.05, 0.1) is 5.69 Å². The number of thiazole rings is 1. The molecule has 0 N–H and O–H groups in total. The minimum absolute atomic E-state index is 0.0940. The van der Waals surface area contributed by atoms with Crippen LogP contribution in [0.3, 0.4) is 0 Å². The van der Waals surface area contributed by atoms with E-state index < -0.39 is 0 Å². The van der Waals surface area contributed by atoms with Gasteiger partial charge in [0.2, 0.25) is 0 Å². The molecule has 2 aliphatic rings. The highest BCUT2D eigenvalue weighted by Gasteiger charge is 2.38. The van der Waals surface area contributed by atoms with Gasteiger partial charge < -0.3 is 4.90 Å². The molecule has 1 saturated heterocycles. The minimum Gasteiger partial charge on any atom is -0.337 e. The Bertz CT molecular complexity index is 1440. The number of anilines is 2. The summed E-state index contributed by atoms with van der Waals surface area (Å²) in [5.41, 5.74) is 2.19. The predicted molar refractivity (Wildman–Crippen MR) is 135 cm³/mol. The maximum atomic E-state index is 13.5. The molecule has 32 heavy (non-hydrogen) atoms. The van der Waals surface area contributed by atoms with E-state index >= 15 is 0 Å². The molecule has 0 saturated carbocycles. The van der Waals surface area contributed by atoms with Crippen LogP contribution in [0.25, 0.3) is 10.7 Å². The van der Waals surface area contributed by atoms with Crippen molar-refractivity contribution in [3.63, 3.8) is 0 Å². The number of carbonyl (C=O) groups is 1. The summed E-state index contributed by atoms with van der Waals surface area (Å²) in [7, 11) is 3.64. The van der Waals surface area contributed by atoms with Crippen LogP contribution in [0.1, 0.15) is 6.92 Å². The maximum Gasteiger partial charge on any atom is 0.279 e. The summed E-state index contributed by atoms with van der Waals surface area (Å²) in [5.74, 6) is -0.213. The molecule has 9 heteroatoms. The highest BCUT2D eigenvalue weighted by atomic mass is 32.2. The van der Waals surface area contributed by atoms with Crippen molar-refractivity contribution in [2.75, 3.05) is 23.9 Å². The number of amides is 1. The number of rotatable bonds is 2. The summed E-state index contributed by atoms with van der Waals surface area (Å²) in [6.45, 7) is 2.37. The number of likely N-dealkylation sites (N-methyl/N-ethyl adjacent to an activating group) is 1. The van der Waals surface area contributed by atoms with E-state index in [0.29, 0.717) is 26.5 Å². The van der Waals surface area contributed by atoms with Gasteiger partial charge in [0.15, 0.2) is 5.11 Å². The summed E-state index contributed by atoms with van der Waals surface area (Å²) < 4.78 is 2.92. The molecule has 0 spiro atoms. The first-order valence-electron chi connectivity index (χ1n) is 10.1. The van der Waals surface area contributed by atoms with Crippen LogP contribution in [0.15, 0.2) is 64.3 Å². The Hall–Kier alpha value is -2.88. The molecular weight excluding hydrogens is 460 g/mol. The van der Waals surface area contributed by atoms with Gasteiger partial charge in [0, 0.05) is 31.2 Å². The Labute approximate surface area is 198 Å². The Morgan fingerprint density at radius 1 is 0.938 bits per heavy atom. The SMILES string of the molecule is CCn1c(=O)/c(=C2/Sc3ccccc3N2C)s/c1=C1/C(=O)N(C)C(=S)N1c1ccccc1. The number of para-hydroxylation sites is 2. The molecule has 1 fully saturated rings. The molecule has 3 heterocycles. The van der Waals surface area contributed by atoms with Crippen LogP contribution in [0.5, 0.6) is 0 Å². The van der Waals surface area contributed by atoms with Crippen molar-refractivity contribution in [1.29, 1.82) is 0 Å². The molecule has 2 aliphatic heterocycles. The Morgan fingerprint density at radius 3 is 2.31 bits per heavy atom. The zero-order valence-electron chi connectivity index (χ0n) is 17.7. The lowest BCUT2D eigenvalue weighted by Crippen LogP contribution is -2.36. The van der Waals surface area contributed by atoms with Crippen LogP contribution in [-0.4, -0.2) is 34.6 Å². The summed E-state index contributed by atoms with van der Waals surface area (Å²) in [6.07, 6.45) is 0. The lowest BCUT2D eigenvalue weighted by molar-refractivity contribution is -0.119. The van der Waals surface area contributed by atoms with Crippen molar-refractivity contribution in [3.8, 4) is 0 Å². The van der Waals surface area contributed by atoms with Gasteiger partial charge in [-0.3, -0.25) is 24.0 Å². The maximum absolute atomic E-state index is 13.5. The van der Waals surface area contributed by atoms with Crippen molar-refractivity contribution in [1.82, 2.24) is 9.47 Å². The summed E-state index contributed by atoms with van der Waals surface area (Å²) in [5, 5.41) is 1.27. The lowest BCUT2D eigenvalue weighted by atomic mass is 10.3. The molecule has 0 radical (unpaired) electrons. The smallest absolute Gasteiger partial charge is 0.279 e. The highest BCUT2D eigenvalue weighted by Crippen LogP contribution is 2.45. The van der Waals surface area contributed by atoms with Gasteiger partial charge in [-0.2, -0.15) is 0 Å². The quantitative estimate of drug-likeness (QED) is 0.526. The highest BCUT2D eigenvalue weighted by molar-refractivity contribution is 8.08. The monoisotopic (exact) mass is 480 g/mol. The molecule has 0 aliphatic carbocycles. The molecule has 0 atom stereocenters. The molecular formula is C23H20N4O2S3. The van der Waals surface area contributed by atoms with Gasteiger partial charge >= 0.3 is 0 Å². The zero-order chi connectivity index (χ0) is 22.6. The van der Waals surface area contributed by atoms with E-state index in [0.717, 1.165) is 21.3 Å². The van der Waals surface area contributed by atoms with E-state index in [1.54, 1.807) is 28.3 Å².